The molecule has 7 heteroatoms. The number of para-hydroxylation sites is 1. The predicted molar refractivity (Wildman–Crippen MR) is 124 cm³/mol. The largest absolute Gasteiger partial charge is 0.361 e. The van der Waals surface area contributed by atoms with Crippen molar-refractivity contribution in [2.24, 2.45) is 0 Å². The zero-order chi connectivity index (χ0) is 21.8. The maximum atomic E-state index is 12.8. The number of aromatic nitrogens is 1. The quantitative estimate of drug-likeness (QED) is 0.410. The summed E-state index contributed by atoms with van der Waals surface area (Å²) in [5, 5.41) is 4.13. The third-order valence-corrected chi connectivity index (χ3v) is 5.70. The number of carbonyl (C=O) groups is 1. The fourth-order valence-corrected chi connectivity index (χ4v) is 4.26. The molecule has 0 saturated carbocycles. The molecule has 31 heavy (non-hydrogen) atoms. The van der Waals surface area contributed by atoms with Gasteiger partial charge in [0.15, 0.2) is 0 Å². The highest BCUT2D eigenvalue weighted by Gasteiger charge is 2.19. The highest BCUT2D eigenvalue weighted by molar-refractivity contribution is 7.92. The summed E-state index contributed by atoms with van der Waals surface area (Å²) in [4.78, 5) is 16.1. The number of fused-ring (bicyclic) bond motifs is 1. The summed E-state index contributed by atoms with van der Waals surface area (Å²) >= 11 is 0. The molecule has 0 fully saturated rings. The molecule has 0 radical (unpaired) electrons. The summed E-state index contributed by atoms with van der Waals surface area (Å²) in [6, 6.07) is 24.6. The number of nitrogens with one attached hydrogen (secondary N) is 3. The van der Waals surface area contributed by atoms with Gasteiger partial charge in [-0.2, -0.15) is 0 Å². The molecular weight excluding hydrogens is 410 g/mol. The lowest BCUT2D eigenvalue weighted by molar-refractivity contribution is 0.0952. The van der Waals surface area contributed by atoms with Crippen molar-refractivity contribution in [3.05, 3.63) is 102 Å². The zero-order valence-corrected chi connectivity index (χ0v) is 17.8. The predicted octanol–water partition coefficient (Wildman–Crippen LogP) is 4.10. The van der Waals surface area contributed by atoms with Gasteiger partial charge in [-0.25, -0.2) is 8.42 Å². The van der Waals surface area contributed by atoms with Crippen LogP contribution in [0, 0.1) is 0 Å². The van der Waals surface area contributed by atoms with Crippen LogP contribution in [0.1, 0.15) is 27.4 Å². The van der Waals surface area contributed by atoms with Gasteiger partial charge in [-0.1, -0.05) is 54.6 Å². The van der Waals surface area contributed by atoms with Crippen molar-refractivity contribution in [1.82, 2.24) is 10.3 Å². The number of hydrogen-bond acceptors (Lipinski definition) is 3. The van der Waals surface area contributed by atoms with Crippen molar-refractivity contribution in [2.75, 3.05) is 17.5 Å². The third-order valence-electron chi connectivity index (χ3n) is 5.09. The smallest absolute Gasteiger partial charge is 0.251 e. The summed E-state index contributed by atoms with van der Waals surface area (Å²) in [5.41, 5.74) is 3.99. The molecule has 0 saturated heterocycles. The lowest BCUT2D eigenvalue weighted by atomic mass is 9.91. The van der Waals surface area contributed by atoms with Crippen molar-refractivity contribution in [3.8, 4) is 0 Å². The van der Waals surface area contributed by atoms with Crippen LogP contribution < -0.4 is 10.0 Å². The molecule has 0 aliphatic carbocycles. The number of sulfonamides is 1. The topological polar surface area (TPSA) is 91.1 Å². The number of amides is 1. The van der Waals surface area contributed by atoms with Crippen molar-refractivity contribution in [2.45, 2.75) is 5.92 Å². The molecule has 0 unspecified atom stereocenters. The van der Waals surface area contributed by atoms with E-state index < -0.39 is 10.0 Å². The van der Waals surface area contributed by atoms with Crippen molar-refractivity contribution in [1.29, 1.82) is 0 Å². The summed E-state index contributed by atoms with van der Waals surface area (Å²) < 4.78 is 25.4. The van der Waals surface area contributed by atoms with Crippen LogP contribution in [0.5, 0.6) is 0 Å². The average molecular weight is 434 g/mol. The number of anilines is 1. The van der Waals surface area contributed by atoms with E-state index in [9.17, 15) is 13.2 Å². The minimum atomic E-state index is -3.42. The second-order valence-corrected chi connectivity index (χ2v) is 9.17. The van der Waals surface area contributed by atoms with Crippen LogP contribution in [-0.4, -0.2) is 32.1 Å². The molecule has 3 N–H and O–H groups in total. The first-order chi connectivity index (χ1) is 14.9. The minimum absolute atomic E-state index is 0.0429. The standard InChI is InChI=1S/C24H23N3O3S/c1-31(29,30)27-19-11-7-10-18(14-19)24(28)26-15-21(17-8-3-2-4-9-17)22-16-25-23-13-6-5-12-20(22)23/h2-14,16,21,25,27H,15H2,1H3,(H,26,28)/t21-/m0/s1. The highest BCUT2D eigenvalue weighted by Crippen LogP contribution is 2.30. The lowest BCUT2D eigenvalue weighted by Gasteiger charge is -2.18. The first-order valence-corrected chi connectivity index (χ1v) is 11.8. The minimum Gasteiger partial charge on any atom is -0.361 e. The molecule has 0 aliphatic rings. The molecule has 0 spiro atoms. The summed E-state index contributed by atoms with van der Waals surface area (Å²) in [6.07, 6.45) is 3.07. The number of hydrogen-bond donors (Lipinski definition) is 3. The van der Waals surface area contributed by atoms with E-state index in [1.54, 1.807) is 18.2 Å². The molecule has 4 rings (SSSR count). The van der Waals surface area contributed by atoms with E-state index in [-0.39, 0.29) is 11.8 Å². The van der Waals surface area contributed by atoms with Crippen LogP contribution in [0.25, 0.3) is 10.9 Å². The van der Waals surface area contributed by atoms with Crippen LogP contribution in [0.15, 0.2) is 85.1 Å². The first-order valence-electron chi connectivity index (χ1n) is 9.88. The molecule has 1 heterocycles. The Kier molecular flexibility index (Phi) is 5.77. The van der Waals surface area contributed by atoms with E-state index in [0.29, 0.717) is 17.8 Å². The van der Waals surface area contributed by atoms with Gasteiger partial charge >= 0.3 is 0 Å². The highest BCUT2D eigenvalue weighted by atomic mass is 32.2. The van der Waals surface area contributed by atoms with E-state index >= 15 is 0 Å². The van der Waals surface area contributed by atoms with Gasteiger partial charge in [0.1, 0.15) is 0 Å². The molecule has 3 aromatic carbocycles. The Hall–Kier alpha value is -3.58. The normalized spacial score (nSPS) is 12.4. The van der Waals surface area contributed by atoms with E-state index in [4.69, 9.17) is 0 Å². The van der Waals surface area contributed by atoms with Crippen LogP contribution in [-0.2, 0) is 10.0 Å². The van der Waals surface area contributed by atoms with Gasteiger partial charge in [0.2, 0.25) is 10.0 Å². The Morgan fingerprint density at radius 2 is 1.71 bits per heavy atom. The molecule has 0 bridgehead atoms. The average Bonchev–Trinajstić information content (AvgIpc) is 3.18. The second kappa shape index (κ2) is 8.65. The Morgan fingerprint density at radius 3 is 2.48 bits per heavy atom. The van der Waals surface area contributed by atoms with Gasteiger partial charge < -0.3 is 10.3 Å². The van der Waals surface area contributed by atoms with Crippen molar-refractivity contribution >= 4 is 32.5 Å². The van der Waals surface area contributed by atoms with Crippen molar-refractivity contribution in [3.63, 3.8) is 0 Å². The number of aromatic amines is 1. The zero-order valence-electron chi connectivity index (χ0n) is 17.0. The summed E-state index contributed by atoms with van der Waals surface area (Å²) in [7, 11) is -3.42. The number of rotatable bonds is 7. The second-order valence-electron chi connectivity index (χ2n) is 7.42. The number of benzene rings is 3. The molecule has 6 nitrogen and oxygen atoms in total. The van der Waals surface area contributed by atoms with Gasteiger partial charge in [-0.3, -0.25) is 9.52 Å². The van der Waals surface area contributed by atoms with Gasteiger partial charge in [-0.15, -0.1) is 0 Å². The van der Waals surface area contributed by atoms with E-state index in [0.717, 1.165) is 28.3 Å². The van der Waals surface area contributed by atoms with E-state index in [1.165, 1.54) is 6.07 Å². The van der Waals surface area contributed by atoms with E-state index in [2.05, 4.69) is 33.2 Å². The Balaban J connectivity index is 1.59. The molecule has 158 valence electrons. The van der Waals surface area contributed by atoms with Gasteiger partial charge in [-0.05, 0) is 35.4 Å². The van der Waals surface area contributed by atoms with Crippen molar-refractivity contribution < 1.29 is 13.2 Å². The molecule has 1 amide bonds. The monoisotopic (exact) mass is 433 g/mol. The molecule has 4 aromatic rings. The number of carbonyl (C=O) groups excluding carboxylic acids is 1. The third kappa shape index (κ3) is 4.95. The van der Waals surface area contributed by atoms with Crippen LogP contribution in [0.4, 0.5) is 5.69 Å². The van der Waals surface area contributed by atoms with Gasteiger partial charge in [0, 0.05) is 40.8 Å². The van der Waals surface area contributed by atoms with Crippen LogP contribution in [0.2, 0.25) is 0 Å². The summed E-state index contributed by atoms with van der Waals surface area (Å²) in [5.74, 6) is -0.309. The molecular formula is C24H23N3O3S. The maximum absolute atomic E-state index is 12.8. The fourth-order valence-electron chi connectivity index (χ4n) is 3.71. The Morgan fingerprint density at radius 1 is 0.968 bits per heavy atom. The van der Waals surface area contributed by atoms with Crippen LogP contribution >= 0.6 is 0 Å². The van der Waals surface area contributed by atoms with Crippen LogP contribution in [0.3, 0.4) is 0 Å². The van der Waals surface area contributed by atoms with E-state index in [1.807, 2.05) is 42.6 Å². The van der Waals surface area contributed by atoms with Gasteiger partial charge in [0.25, 0.3) is 5.91 Å². The van der Waals surface area contributed by atoms with Gasteiger partial charge in [0.05, 0.1) is 6.26 Å². The SMILES string of the molecule is CS(=O)(=O)Nc1cccc(C(=O)NC[C@@H](c2ccccc2)c2c[nH]c3ccccc23)c1. The fraction of sp³-hybridized carbons (Fsp3) is 0.125. The first kappa shape index (κ1) is 20.7. The molecule has 0 aliphatic heterocycles. The Bertz CT molecular complexity index is 1310. The number of H-pyrrole nitrogens is 1. The molecule has 1 atom stereocenters. The molecule has 1 aromatic heterocycles. The Labute approximate surface area is 181 Å². The maximum Gasteiger partial charge on any atom is 0.251 e. The lowest BCUT2D eigenvalue weighted by Crippen LogP contribution is -2.29. The summed E-state index contributed by atoms with van der Waals surface area (Å²) in [6.45, 7) is 0.397.